The Labute approximate surface area is 133 Å². The minimum atomic E-state index is -0.380. The maximum absolute atomic E-state index is 13.8. The van der Waals surface area contributed by atoms with Gasteiger partial charge < -0.3 is 10.1 Å². The maximum atomic E-state index is 13.8. The van der Waals surface area contributed by atoms with Gasteiger partial charge in [-0.2, -0.15) is 0 Å². The van der Waals surface area contributed by atoms with Crippen molar-refractivity contribution in [1.82, 2.24) is 5.32 Å². The molecule has 2 aromatic rings. The molecular weight excluding hydrogens is 312 g/mol. The van der Waals surface area contributed by atoms with Gasteiger partial charge in [-0.3, -0.25) is 0 Å². The smallest absolute Gasteiger partial charge is 0.165 e. The Balaban J connectivity index is 2.29. The van der Waals surface area contributed by atoms with Gasteiger partial charge in [0.25, 0.3) is 0 Å². The zero-order valence-electron chi connectivity index (χ0n) is 11.8. The number of rotatable bonds is 5. The van der Waals surface area contributed by atoms with Gasteiger partial charge in [0, 0.05) is 21.7 Å². The summed E-state index contributed by atoms with van der Waals surface area (Å²) in [6.45, 7) is 0. The number of ether oxygens (including phenoxy) is 1. The standard InChI is InChI=1S/C16H16Cl2FNO/c1-20-14(16-11(17)4-3-5-12(16)18)9-10-6-7-15(21-2)13(19)8-10/h3-8,14,20H,9H2,1-2H3. The Morgan fingerprint density at radius 2 is 1.86 bits per heavy atom. The Morgan fingerprint density at radius 1 is 1.19 bits per heavy atom. The Bertz CT molecular complexity index is 613. The first-order chi connectivity index (χ1) is 10.1. The van der Waals surface area contributed by atoms with Crippen molar-refractivity contribution < 1.29 is 9.13 Å². The number of methoxy groups -OCH3 is 1. The average molecular weight is 328 g/mol. The number of benzene rings is 2. The van der Waals surface area contributed by atoms with E-state index in [1.165, 1.54) is 13.2 Å². The van der Waals surface area contributed by atoms with E-state index in [1.54, 1.807) is 24.3 Å². The largest absolute Gasteiger partial charge is 0.494 e. The summed E-state index contributed by atoms with van der Waals surface area (Å²) in [4.78, 5) is 0. The second-order valence-electron chi connectivity index (χ2n) is 4.65. The second-order valence-corrected chi connectivity index (χ2v) is 5.46. The van der Waals surface area contributed by atoms with Gasteiger partial charge in [-0.05, 0) is 43.3 Å². The first kappa shape index (κ1) is 16.1. The third-order valence-electron chi connectivity index (χ3n) is 3.35. The highest BCUT2D eigenvalue weighted by atomic mass is 35.5. The summed E-state index contributed by atoms with van der Waals surface area (Å²) in [5, 5.41) is 4.36. The predicted molar refractivity (Wildman–Crippen MR) is 84.9 cm³/mol. The van der Waals surface area contributed by atoms with E-state index < -0.39 is 0 Å². The second kappa shape index (κ2) is 7.12. The van der Waals surface area contributed by atoms with Crippen LogP contribution in [0, 0.1) is 5.82 Å². The van der Waals surface area contributed by atoms with E-state index in [2.05, 4.69) is 5.32 Å². The molecular formula is C16H16Cl2FNO. The topological polar surface area (TPSA) is 21.3 Å². The number of nitrogens with one attached hydrogen (secondary N) is 1. The van der Waals surface area contributed by atoms with Gasteiger partial charge in [0.1, 0.15) is 0 Å². The molecule has 0 spiro atoms. The molecule has 1 unspecified atom stereocenters. The van der Waals surface area contributed by atoms with E-state index >= 15 is 0 Å². The van der Waals surface area contributed by atoms with E-state index in [0.29, 0.717) is 16.5 Å². The third kappa shape index (κ3) is 3.67. The van der Waals surface area contributed by atoms with Gasteiger partial charge in [-0.1, -0.05) is 35.3 Å². The molecule has 0 fully saturated rings. The van der Waals surface area contributed by atoms with Crippen LogP contribution in [0.5, 0.6) is 5.75 Å². The van der Waals surface area contributed by atoms with E-state index in [4.69, 9.17) is 27.9 Å². The van der Waals surface area contributed by atoms with Crippen LogP contribution in [-0.4, -0.2) is 14.2 Å². The number of halogens is 3. The highest BCUT2D eigenvalue weighted by Gasteiger charge is 2.17. The van der Waals surface area contributed by atoms with Crippen LogP contribution in [0.1, 0.15) is 17.2 Å². The highest BCUT2D eigenvalue weighted by molar-refractivity contribution is 6.36. The van der Waals surface area contributed by atoms with Gasteiger partial charge in [0.2, 0.25) is 0 Å². The Kier molecular flexibility index (Phi) is 5.45. The van der Waals surface area contributed by atoms with Gasteiger partial charge in [-0.25, -0.2) is 4.39 Å². The first-order valence-electron chi connectivity index (χ1n) is 6.50. The van der Waals surface area contributed by atoms with Crippen molar-refractivity contribution in [2.75, 3.05) is 14.2 Å². The molecule has 112 valence electrons. The van der Waals surface area contributed by atoms with Crippen LogP contribution in [0.15, 0.2) is 36.4 Å². The summed E-state index contributed by atoms with van der Waals surface area (Å²) >= 11 is 12.5. The molecule has 0 aliphatic rings. The van der Waals surface area contributed by atoms with Crippen molar-refractivity contribution in [1.29, 1.82) is 0 Å². The highest BCUT2D eigenvalue weighted by Crippen LogP contribution is 2.32. The predicted octanol–water partition coefficient (Wildman–Crippen LogP) is 4.64. The molecule has 2 nitrogen and oxygen atoms in total. The summed E-state index contributed by atoms with van der Waals surface area (Å²) in [5.41, 5.74) is 1.66. The molecule has 0 saturated carbocycles. The quantitative estimate of drug-likeness (QED) is 0.863. The van der Waals surface area contributed by atoms with Crippen molar-refractivity contribution >= 4 is 23.2 Å². The summed E-state index contributed by atoms with van der Waals surface area (Å²) in [6.07, 6.45) is 0.570. The Hall–Kier alpha value is -1.29. The average Bonchev–Trinajstić information content (AvgIpc) is 2.46. The molecule has 0 saturated heterocycles. The number of hydrogen-bond acceptors (Lipinski definition) is 2. The zero-order chi connectivity index (χ0) is 15.4. The summed E-state index contributed by atoms with van der Waals surface area (Å²) in [5.74, 6) is -0.148. The fourth-order valence-corrected chi connectivity index (χ4v) is 2.93. The van der Waals surface area contributed by atoms with Gasteiger partial charge in [-0.15, -0.1) is 0 Å². The van der Waals surface area contributed by atoms with Crippen LogP contribution in [0.4, 0.5) is 4.39 Å². The van der Waals surface area contributed by atoms with Crippen LogP contribution < -0.4 is 10.1 Å². The number of hydrogen-bond donors (Lipinski definition) is 1. The van der Waals surface area contributed by atoms with E-state index in [-0.39, 0.29) is 17.6 Å². The normalized spacial score (nSPS) is 12.2. The monoisotopic (exact) mass is 327 g/mol. The lowest BCUT2D eigenvalue weighted by Crippen LogP contribution is -2.19. The van der Waals surface area contributed by atoms with Gasteiger partial charge in [0.05, 0.1) is 7.11 Å². The molecule has 5 heteroatoms. The molecule has 0 aromatic heterocycles. The van der Waals surface area contributed by atoms with Crippen molar-refractivity contribution in [2.45, 2.75) is 12.5 Å². The Morgan fingerprint density at radius 3 is 2.38 bits per heavy atom. The van der Waals surface area contributed by atoms with Crippen LogP contribution in [0.2, 0.25) is 10.0 Å². The SMILES string of the molecule is CNC(Cc1ccc(OC)c(F)c1)c1c(Cl)cccc1Cl. The van der Waals surface area contributed by atoms with Crippen molar-refractivity contribution in [3.63, 3.8) is 0 Å². The summed E-state index contributed by atoms with van der Waals surface area (Å²) < 4.78 is 18.7. The fraction of sp³-hybridized carbons (Fsp3) is 0.250. The fourth-order valence-electron chi connectivity index (χ4n) is 2.26. The first-order valence-corrected chi connectivity index (χ1v) is 7.26. The van der Waals surface area contributed by atoms with Crippen LogP contribution in [0.3, 0.4) is 0 Å². The van der Waals surface area contributed by atoms with E-state index in [9.17, 15) is 4.39 Å². The van der Waals surface area contributed by atoms with Crippen LogP contribution in [0.25, 0.3) is 0 Å². The summed E-state index contributed by atoms with van der Waals surface area (Å²) in [7, 11) is 3.27. The third-order valence-corrected chi connectivity index (χ3v) is 4.01. The van der Waals surface area contributed by atoms with Crippen molar-refractivity contribution in [3.05, 3.63) is 63.4 Å². The molecule has 0 aliphatic carbocycles. The maximum Gasteiger partial charge on any atom is 0.165 e. The van der Waals surface area contributed by atoms with Crippen molar-refractivity contribution in [2.24, 2.45) is 0 Å². The lowest BCUT2D eigenvalue weighted by atomic mass is 9.98. The lowest BCUT2D eigenvalue weighted by molar-refractivity contribution is 0.386. The molecule has 0 radical (unpaired) electrons. The molecule has 0 heterocycles. The molecule has 2 aromatic carbocycles. The lowest BCUT2D eigenvalue weighted by Gasteiger charge is -2.19. The van der Waals surface area contributed by atoms with Crippen LogP contribution >= 0.6 is 23.2 Å². The molecule has 1 atom stereocenters. The molecule has 0 bridgehead atoms. The minimum absolute atomic E-state index is 0.0982. The van der Waals surface area contributed by atoms with Gasteiger partial charge in [0.15, 0.2) is 11.6 Å². The molecule has 1 N–H and O–H groups in total. The molecule has 21 heavy (non-hydrogen) atoms. The van der Waals surface area contributed by atoms with Gasteiger partial charge >= 0.3 is 0 Å². The minimum Gasteiger partial charge on any atom is -0.494 e. The molecule has 0 aliphatic heterocycles. The molecule has 0 amide bonds. The number of likely N-dealkylation sites (N-methyl/N-ethyl adjacent to an activating group) is 1. The van der Waals surface area contributed by atoms with Crippen molar-refractivity contribution in [3.8, 4) is 5.75 Å². The van der Waals surface area contributed by atoms with E-state index in [0.717, 1.165) is 11.1 Å². The van der Waals surface area contributed by atoms with E-state index in [1.807, 2.05) is 13.1 Å². The summed E-state index contributed by atoms with van der Waals surface area (Å²) in [6, 6.07) is 10.2. The zero-order valence-corrected chi connectivity index (χ0v) is 13.3. The van der Waals surface area contributed by atoms with Crippen LogP contribution in [-0.2, 0) is 6.42 Å². The molecule has 2 rings (SSSR count).